The second kappa shape index (κ2) is 10.8. The summed E-state index contributed by atoms with van der Waals surface area (Å²) in [4.78, 5) is 6.09. The highest BCUT2D eigenvalue weighted by Crippen LogP contribution is 2.31. The molecular formula is C20H30N6O3S2. The minimum atomic E-state index is -3.21. The van der Waals surface area contributed by atoms with Crippen LogP contribution < -0.4 is 9.46 Å². The zero-order valence-corrected chi connectivity index (χ0v) is 20.5. The second-order valence-corrected chi connectivity index (χ2v) is 10.2. The van der Waals surface area contributed by atoms with Crippen LogP contribution in [0.1, 0.15) is 33.7 Å². The van der Waals surface area contributed by atoms with Crippen molar-refractivity contribution in [2.45, 2.75) is 39.8 Å². The molecule has 0 aliphatic rings. The maximum absolute atomic E-state index is 11.0. The molecule has 0 atom stereocenters. The van der Waals surface area contributed by atoms with Gasteiger partial charge in [-0.05, 0) is 52.0 Å². The highest BCUT2D eigenvalue weighted by Gasteiger charge is 2.18. The average molecular weight is 467 g/mol. The molecule has 31 heavy (non-hydrogen) atoms. The molecule has 0 fully saturated rings. The molecule has 0 spiro atoms. The quantitative estimate of drug-likeness (QED) is 0.572. The van der Waals surface area contributed by atoms with Gasteiger partial charge in [0.25, 0.3) is 10.2 Å². The summed E-state index contributed by atoms with van der Waals surface area (Å²) in [6, 6.07) is 7.99. The molecule has 11 heteroatoms. The number of methoxy groups -OCH3 is 1. The number of hydrogen-bond acceptors (Lipinski definition) is 7. The summed E-state index contributed by atoms with van der Waals surface area (Å²) in [5.41, 5.74) is 2.68. The third-order valence-electron chi connectivity index (χ3n) is 3.95. The Morgan fingerprint density at radius 1 is 1.06 bits per heavy atom. The predicted octanol–water partition coefficient (Wildman–Crippen LogP) is 3.45. The summed E-state index contributed by atoms with van der Waals surface area (Å²) in [5.74, 6) is 0.825. The van der Waals surface area contributed by atoms with Crippen LogP contribution >= 0.6 is 11.3 Å². The van der Waals surface area contributed by atoms with Crippen LogP contribution in [0.15, 0.2) is 35.8 Å². The van der Waals surface area contributed by atoms with Gasteiger partial charge in [0.2, 0.25) is 0 Å². The van der Waals surface area contributed by atoms with E-state index in [4.69, 9.17) is 4.74 Å². The maximum atomic E-state index is 11.0. The van der Waals surface area contributed by atoms with Gasteiger partial charge in [0.05, 0.1) is 13.2 Å². The lowest BCUT2D eigenvalue weighted by Crippen LogP contribution is -2.39. The Labute approximate surface area is 188 Å². The number of thiazole rings is 1. The van der Waals surface area contributed by atoms with Gasteiger partial charge in [0, 0.05) is 37.3 Å². The van der Waals surface area contributed by atoms with Crippen molar-refractivity contribution in [1.82, 2.24) is 29.0 Å². The van der Waals surface area contributed by atoms with Crippen LogP contribution in [0, 0.1) is 0 Å². The summed E-state index contributed by atoms with van der Waals surface area (Å²) >= 11 is 1.57. The Balaban J connectivity index is 0.000000291. The molecule has 3 rings (SSSR count). The number of rotatable bonds is 7. The Bertz CT molecular complexity index is 1040. The Morgan fingerprint density at radius 3 is 2.10 bits per heavy atom. The molecule has 1 N–H and O–H groups in total. The van der Waals surface area contributed by atoms with E-state index in [1.54, 1.807) is 43.3 Å². The minimum absolute atomic E-state index is 0.0487. The zero-order chi connectivity index (χ0) is 23.2. The number of aromatic nitrogens is 4. The summed E-state index contributed by atoms with van der Waals surface area (Å²) in [7, 11) is 1.43. The van der Waals surface area contributed by atoms with Crippen molar-refractivity contribution in [1.29, 1.82) is 0 Å². The smallest absolute Gasteiger partial charge is 0.279 e. The molecule has 1 aromatic carbocycles. The van der Waals surface area contributed by atoms with E-state index in [0.29, 0.717) is 0 Å². The van der Waals surface area contributed by atoms with Crippen molar-refractivity contribution in [2.24, 2.45) is 0 Å². The Hall–Kier alpha value is -2.34. The molecule has 0 aliphatic heterocycles. The van der Waals surface area contributed by atoms with E-state index in [1.165, 1.54) is 14.1 Å². The fourth-order valence-corrected chi connectivity index (χ4v) is 3.81. The van der Waals surface area contributed by atoms with Gasteiger partial charge < -0.3 is 4.74 Å². The summed E-state index contributed by atoms with van der Waals surface area (Å²) < 4.78 is 30.7. The van der Waals surface area contributed by atoms with E-state index >= 15 is 0 Å². The maximum Gasteiger partial charge on any atom is 0.279 e. The van der Waals surface area contributed by atoms with E-state index < -0.39 is 10.2 Å². The van der Waals surface area contributed by atoms with Gasteiger partial charge in [-0.3, -0.25) is 0 Å². The molecular weight excluding hydrogens is 436 g/mol. The first kappa shape index (κ1) is 24.9. The van der Waals surface area contributed by atoms with E-state index in [-0.39, 0.29) is 12.1 Å². The first-order chi connectivity index (χ1) is 14.5. The lowest BCUT2D eigenvalue weighted by molar-refractivity contribution is 0.415. The third kappa shape index (κ3) is 6.82. The van der Waals surface area contributed by atoms with Crippen LogP contribution in [0.25, 0.3) is 22.0 Å². The monoisotopic (exact) mass is 466 g/mol. The highest BCUT2D eigenvalue weighted by atomic mass is 32.2. The molecule has 0 amide bonds. The van der Waals surface area contributed by atoms with Crippen LogP contribution in [0.5, 0.6) is 5.75 Å². The molecule has 0 aliphatic carbocycles. The summed E-state index contributed by atoms with van der Waals surface area (Å²) in [6.45, 7) is 7.68. The molecule has 170 valence electrons. The first-order valence-corrected chi connectivity index (χ1v) is 12.1. The fraction of sp³-hybridized carbons (Fsp3) is 0.450. The number of nitrogens with zero attached hydrogens (tertiary/aromatic N) is 5. The molecule has 0 bridgehead atoms. The van der Waals surface area contributed by atoms with Crippen molar-refractivity contribution < 1.29 is 13.2 Å². The summed E-state index contributed by atoms with van der Waals surface area (Å²) in [5, 5.41) is 12.0. The highest BCUT2D eigenvalue weighted by molar-refractivity contribution is 7.87. The Kier molecular flexibility index (Phi) is 8.69. The number of nitrogens with one attached hydrogen (secondary N) is 1. The second-order valence-electron chi connectivity index (χ2n) is 7.44. The predicted molar refractivity (Wildman–Crippen MR) is 124 cm³/mol. The molecule has 0 radical (unpaired) electrons. The third-order valence-corrected chi connectivity index (χ3v) is 6.47. The molecule has 9 nitrogen and oxygen atoms in total. The number of benzene rings is 1. The molecule has 0 unspecified atom stereocenters. The first-order valence-electron chi connectivity index (χ1n) is 9.76. The Morgan fingerprint density at radius 2 is 1.68 bits per heavy atom. The largest absolute Gasteiger partial charge is 0.497 e. The van der Waals surface area contributed by atoms with E-state index in [0.717, 1.165) is 32.0 Å². The van der Waals surface area contributed by atoms with Gasteiger partial charge in [0.15, 0.2) is 0 Å². The van der Waals surface area contributed by atoms with Gasteiger partial charge >= 0.3 is 0 Å². The summed E-state index contributed by atoms with van der Waals surface area (Å²) in [6.07, 6.45) is 1.78. The lowest BCUT2D eigenvalue weighted by Gasteiger charge is -2.14. The van der Waals surface area contributed by atoms with Crippen molar-refractivity contribution in [2.75, 3.05) is 21.2 Å². The molecule has 2 heterocycles. The number of hydrogen-bond donors (Lipinski definition) is 1. The lowest BCUT2D eigenvalue weighted by atomic mass is 10.1. The van der Waals surface area contributed by atoms with E-state index in [2.05, 4.69) is 33.8 Å². The van der Waals surface area contributed by atoms with Crippen LogP contribution in [0.4, 0.5) is 0 Å². The normalized spacial score (nSPS) is 11.7. The van der Waals surface area contributed by atoms with Crippen LogP contribution in [0.2, 0.25) is 0 Å². The van der Waals surface area contributed by atoms with Gasteiger partial charge in [-0.25, -0.2) is 4.98 Å². The fourth-order valence-electron chi connectivity index (χ4n) is 2.38. The number of ether oxygens (including phenoxy) is 1. The average Bonchev–Trinajstić information content (AvgIpc) is 3.37. The SMILES string of the molecule is CC(C)NS(=O)(=O)N(C)C.COc1ccc(-c2nn(C(C)C)nc2-c2nccs2)cc1. The van der Waals surface area contributed by atoms with Crippen molar-refractivity contribution in [3.05, 3.63) is 35.8 Å². The molecule has 2 aromatic heterocycles. The topological polar surface area (TPSA) is 102 Å². The van der Waals surface area contributed by atoms with Crippen molar-refractivity contribution >= 4 is 21.5 Å². The van der Waals surface area contributed by atoms with Crippen LogP contribution in [0.3, 0.4) is 0 Å². The van der Waals surface area contributed by atoms with Gasteiger partial charge in [-0.2, -0.15) is 27.3 Å². The zero-order valence-electron chi connectivity index (χ0n) is 18.9. The van der Waals surface area contributed by atoms with Gasteiger partial charge in [-0.1, -0.05) is 0 Å². The van der Waals surface area contributed by atoms with Crippen molar-refractivity contribution in [3.63, 3.8) is 0 Å². The molecule has 0 saturated carbocycles. The van der Waals surface area contributed by atoms with Crippen molar-refractivity contribution in [3.8, 4) is 27.7 Å². The minimum Gasteiger partial charge on any atom is -0.497 e. The molecule has 0 saturated heterocycles. The van der Waals surface area contributed by atoms with E-state index in [1.807, 2.05) is 29.6 Å². The standard InChI is InChI=1S/C15H16N4OS.C5H14N2O2S/c1-10(2)19-17-13(11-4-6-12(20-3)7-5-11)14(18-19)15-16-8-9-21-15;1-5(2)6-10(8,9)7(3)4/h4-10H,1-3H3;5-6H,1-4H3. The molecule has 3 aromatic rings. The van der Waals surface area contributed by atoms with Crippen LogP contribution in [-0.4, -0.2) is 59.9 Å². The van der Waals surface area contributed by atoms with E-state index in [9.17, 15) is 8.42 Å². The van der Waals surface area contributed by atoms with Crippen LogP contribution in [-0.2, 0) is 10.2 Å². The van der Waals surface area contributed by atoms with Gasteiger partial charge in [0.1, 0.15) is 22.1 Å². The van der Waals surface area contributed by atoms with Gasteiger partial charge in [-0.15, -0.1) is 16.4 Å².